The van der Waals surface area contributed by atoms with Crippen LogP contribution in [-0.2, 0) is 9.59 Å². The maximum atomic E-state index is 12.4. The van der Waals surface area contributed by atoms with Gasteiger partial charge in [0.1, 0.15) is 6.04 Å². The first-order valence-corrected chi connectivity index (χ1v) is 10.6. The van der Waals surface area contributed by atoms with E-state index < -0.39 is 24.0 Å². The molecular weight excluding hydrogens is 412 g/mol. The zero-order valence-corrected chi connectivity index (χ0v) is 17.8. The van der Waals surface area contributed by atoms with E-state index in [9.17, 15) is 19.5 Å². The molecule has 0 saturated carbocycles. The first-order valence-electron chi connectivity index (χ1n) is 10.6. The summed E-state index contributed by atoms with van der Waals surface area (Å²) in [5, 5.41) is 26.9. The lowest BCUT2D eigenvalue weighted by Gasteiger charge is -2.22. The maximum absolute atomic E-state index is 12.4. The second kappa shape index (κ2) is 10.9. The summed E-state index contributed by atoms with van der Waals surface area (Å²) in [7, 11) is 0. The standard InChI is InChI=1S/C23H28N4O5/c1-14(28)20(23(31)27-32)26-21(29)17-7-5-15(6-8-17)16-9-11-18(12-10-16)25-22(30)19-4-2-3-13-24-19/h5-12,14,19-20,24,28,32H,2-4,13H2,1H3,(H,25,30)(H,26,29)(H,27,31)/t14-,19?,20+/m1/s1. The van der Waals surface area contributed by atoms with Crippen LogP contribution in [0.4, 0.5) is 5.69 Å². The van der Waals surface area contributed by atoms with Crippen molar-refractivity contribution in [3.05, 3.63) is 54.1 Å². The Morgan fingerprint density at radius 2 is 1.62 bits per heavy atom. The Morgan fingerprint density at radius 1 is 1.00 bits per heavy atom. The van der Waals surface area contributed by atoms with Crippen molar-refractivity contribution >= 4 is 23.4 Å². The SMILES string of the molecule is C[C@@H](O)[C@H](NC(=O)c1ccc(-c2ccc(NC(=O)C3CCCCN3)cc2)cc1)C(=O)NO. The summed E-state index contributed by atoms with van der Waals surface area (Å²) in [6, 6.07) is 12.7. The monoisotopic (exact) mass is 440 g/mol. The minimum absolute atomic E-state index is 0.0294. The summed E-state index contributed by atoms with van der Waals surface area (Å²) in [6.07, 6.45) is 1.80. The van der Waals surface area contributed by atoms with E-state index in [1.807, 2.05) is 24.3 Å². The fourth-order valence-corrected chi connectivity index (χ4v) is 3.56. The zero-order valence-electron chi connectivity index (χ0n) is 17.8. The number of anilines is 1. The average Bonchev–Trinajstić information content (AvgIpc) is 2.83. The largest absolute Gasteiger partial charge is 0.391 e. The van der Waals surface area contributed by atoms with Crippen molar-refractivity contribution in [2.24, 2.45) is 0 Å². The van der Waals surface area contributed by atoms with Crippen LogP contribution >= 0.6 is 0 Å². The van der Waals surface area contributed by atoms with Gasteiger partial charge in [-0.25, -0.2) is 5.48 Å². The first kappa shape index (κ1) is 23.4. The van der Waals surface area contributed by atoms with Crippen LogP contribution in [0.1, 0.15) is 36.5 Å². The Hall–Kier alpha value is -3.27. The molecule has 2 aromatic carbocycles. The van der Waals surface area contributed by atoms with Crippen LogP contribution in [-0.4, -0.2) is 52.8 Å². The third kappa shape index (κ3) is 5.91. The van der Waals surface area contributed by atoms with E-state index in [-0.39, 0.29) is 11.9 Å². The number of hydroxylamine groups is 1. The number of aliphatic hydroxyl groups excluding tert-OH is 1. The van der Waals surface area contributed by atoms with Crippen LogP contribution in [0.3, 0.4) is 0 Å². The smallest absolute Gasteiger partial charge is 0.268 e. The molecule has 1 heterocycles. The Morgan fingerprint density at radius 3 is 2.16 bits per heavy atom. The fourth-order valence-electron chi connectivity index (χ4n) is 3.56. The number of nitrogens with one attached hydrogen (secondary N) is 4. The van der Waals surface area contributed by atoms with Gasteiger partial charge in [0.2, 0.25) is 5.91 Å². The molecule has 0 radical (unpaired) electrons. The fraction of sp³-hybridized carbons (Fsp3) is 0.348. The lowest BCUT2D eigenvalue weighted by molar-refractivity contribution is -0.133. The molecular formula is C23H28N4O5. The second-order valence-corrected chi connectivity index (χ2v) is 7.81. The highest BCUT2D eigenvalue weighted by atomic mass is 16.5. The van der Waals surface area contributed by atoms with Gasteiger partial charge in [-0.15, -0.1) is 0 Å². The Balaban J connectivity index is 1.62. The Kier molecular flexibility index (Phi) is 7.93. The molecule has 9 heteroatoms. The molecule has 3 amide bonds. The predicted molar refractivity (Wildman–Crippen MR) is 119 cm³/mol. The number of benzene rings is 2. The first-order chi connectivity index (χ1) is 15.4. The number of amides is 3. The summed E-state index contributed by atoms with van der Waals surface area (Å²) in [5.41, 5.74) is 4.22. The van der Waals surface area contributed by atoms with Gasteiger partial charge in [0.25, 0.3) is 11.8 Å². The van der Waals surface area contributed by atoms with Crippen LogP contribution in [0.5, 0.6) is 0 Å². The Bertz CT molecular complexity index is 938. The van der Waals surface area contributed by atoms with Gasteiger partial charge in [-0.2, -0.15) is 0 Å². The number of piperidine rings is 1. The van der Waals surface area contributed by atoms with Gasteiger partial charge in [-0.3, -0.25) is 19.6 Å². The van der Waals surface area contributed by atoms with Crippen LogP contribution in [0.15, 0.2) is 48.5 Å². The van der Waals surface area contributed by atoms with Crippen LogP contribution < -0.4 is 21.4 Å². The third-order valence-electron chi connectivity index (χ3n) is 5.42. The molecule has 1 saturated heterocycles. The minimum atomic E-state index is -1.28. The molecule has 3 atom stereocenters. The minimum Gasteiger partial charge on any atom is -0.391 e. The van der Waals surface area contributed by atoms with Crippen molar-refractivity contribution in [2.45, 2.75) is 44.4 Å². The summed E-state index contributed by atoms with van der Waals surface area (Å²) in [5.74, 6) is -1.49. The summed E-state index contributed by atoms with van der Waals surface area (Å²) in [4.78, 5) is 36.3. The molecule has 2 aromatic rings. The van der Waals surface area contributed by atoms with Crippen LogP contribution in [0, 0.1) is 0 Å². The molecule has 1 fully saturated rings. The van der Waals surface area contributed by atoms with E-state index >= 15 is 0 Å². The molecule has 0 aromatic heterocycles. The quantitative estimate of drug-likeness (QED) is 0.284. The van der Waals surface area contributed by atoms with Crippen LogP contribution in [0.2, 0.25) is 0 Å². The number of carbonyl (C=O) groups excluding carboxylic acids is 3. The van der Waals surface area contributed by atoms with Gasteiger partial charge in [0, 0.05) is 11.3 Å². The number of aliphatic hydroxyl groups is 1. The van der Waals surface area contributed by atoms with Crippen molar-refractivity contribution in [1.82, 2.24) is 16.1 Å². The Labute approximate surface area is 186 Å². The molecule has 1 unspecified atom stereocenters. The normalized spacial score (nSPS) is 17.7. The molecule has 9 nitrogen and oxygen atoms in total. The van der Waals surface area contributed by atoms with E-state index in [4.69, 9.17) is 5.21 Å². The van der Waals surface area contributed by atoms with Gasteiger partial charge >= 0.3 is 0 Å². The van der Waals surface area contributed by atoms with Crippen molar-refractivity contribution in [1.29, 1.82) is 0 Å². The van der Waals surface area contributed by atoms with E-state index in [0.717, 1.165) is 36.9 Å². The maximum Gasteiger partial charge on any atom is 0.268 e. The van der Waals surface area contributed by atoms with Gasteiger partial charge in [0.05, 0.1) is 12.1 Å². The average molecular weight is 441 g/mol. The van der Waals surface area contributed by atoms with Gasteiger partial charge in [-0.1, -0.05) is 30.7 Å². The van der Waals surface area contributed by atoms with E-state index in [0.29, 0.717) is 11.3 Å². The molecule has 170 valence electrons. The molecule has 0 bridgehead atoms. The van der Waals surface area contributed by atoms with Crippen molar-refractivity contribution < 1.29 is 24.7 Å². The summed E-state index contributed by atoms with van der Waals surface area (Å²) >= 11 is 0. The highest BCUT2D eigenvalue weighted by molar-refractivity contribution is 5.98. The number of rotatable bonds is 7. The highest BCUT2D eigenvalue weighted by Crippen LogP contribution is 2.22. The van der Waals surface area contributed by atoms with E-state index in [2.05, 4.69) is 16.0 Å². The molecule has 32 heavy (non-hydrogen) atoms. The summed E-state index contributed by atoms with van der Waals surface area (Å²) < 4.78 is 0. The number of hydrogen-bond acceptors (Lipinski definition) is 6. The topological polar surface area (TPSA) is 140 Å². The van der Waals surface area contributed by atoms with Gasteiger partial charge in [0.15, 0.2) is 0 Å². The van der Waals surface area contributed by atoms with Gasteiger partial charge in [-0.05, 0) is 61.7 Å². The molecule has 3 rings (SSSR count). The predicted octanol–water partition coefficient (Wildman–Crippen LogP) is 1.42. The van der Waals surface area contributed by atoms with E-state index in [1.165, 1.54) is 12.4 Å². The zero-order chi connectivity index (χ0) is 23.1. The van der Waals surface area contributed by atoms with Crippen LogP contribution in [0.25, 0.3) is 11.1 Å². The lowest BCUT2D eigenvalue weighted by Crippen LogP contribution is -2.51. The van der Waals surface area contributed by atoms with E-state index in [1.54, 1.807) is 24.3 Å². The number of carbonyl (C=O) groups is 3. The molecule has 0 spiro atoms. The summed E-state index contributed by atoms with van der Waals surface area (Å²) in [6.45, 7) is 2.19. The molecule has 6 N–H and O–H groups in total. The third-order valence-corrected chi connectivity index (χ3v) is 5.42. The molecule has 1 aliphatic heterocycles. The highest BCUT2D eigenvalue weighted by Gasteiger charge is 2.25. The van der Waals surface area contributed by atoms with Crippen molar-refractivity contribution in [3.8, 4) is 11.1 Å². The van der Waals surface area contributed by atoms with Crippen molar-refractivity contribution in [2.75, 3.05) is 11.9 Å². The number of hydrogen-bond donors (Lipinski definition) is 6. The lowest BCUT2D eigenvalue weighted by atomic mass is 10.0. The second-order valence-electron chi connectivity index (χ2n) is 7.81. The van der Waals surface area contributed by atoms with Crippen molar-refractivity contribution in [3.63, 3.8) is 0 Å². The van der Waals surface area contributed by atoms with Gasteiger partial charge < -0.3 is 21.1 Å². The molecule has 1 aliphatic rings. The molecule has 0 aliphatic carbocycles.